The number of carbonyl (C=O) groups excluding carboxylic acids is 2. The maximum atomic E-state index is 13.6. The van der Waals surface area contributed by atoms with Gasteiger partial charge in [0.15, 0.2) is 0 Å². The van der Waals surface area contributed by atoms with Crippen LogP contribution < -0.4 is 26.2 Å². The monoisotopic (exact) mass is 726 g/mol. The lowest BCUT2D eigenvalue weighted by Crippen LogP contribution is -2.49. The minimum absolute atomic E-state index is 0.128. The Bertz CT molecular complexity index is 1910. The first-order valence-corrected chi connectivity index (χ1v) is 19.7. The number of benzene rings is 1. The average molecular weight is 727 g/mol. The van der Waals surface area contributed by atoms with Gasteiger partial charge in [-0.05, 0) is 114 Å². The van der Waals surface area contributed by atoms with Crippen LogP contribution in [-0.2, 0) is 10.2 Å². The van der Waals surface area contributed by atoms with Crippen molar-refractivity contribution in [2.75, 3.05) is 16.9 Å². The molecule has 0 unspecified atom stereocenters. The van der Waals surface area contributed by atoms with Crippen molar-refractivity contribution in [1.29, 1.82) is 0 Å². The number of halogens is 1. The van der Waals surface area contributed by atoms with Crippen molar-refractivity contribution in [3.8, 4) is 0 Å². The molecule has 8 nitrogen and oxygen atoms in total. The highest BCUT2D eigenvalue weighted by molar-refractivity contribution is 6.09. The first-order valence-electron chi connectivity index (χ1n) is 19.7. The third-order valence-corrected chi connectivity index (χ3v) is 10.9. The van der Waals surface area contributed by atoms with Gasteiger partial charge in [-0.25, -0.2) is 14.4 Å². The van der Waals surface area contributed by atoms with E-state index in [1.807, 2.05) is 58.8 Å². The number of allylic oxidation sites excluding steroid dienone is 1. The van der Waals surface area contributed by atoms with Crippen molar-refractivity contribution in [2.24, 2.45) is 5.92 Å². The van der Waals surface area contributed by atoms with Crippen molar-refractivity contribution >= 4 is 40.7 Å². The van der Waals surface area contributed by atoms with Gasteiger partial charge in [0, 0.05) is 35.2 Å². The number of rotatable bonds is 11. The first-order chi connectivity index (χ1) is 25.2. The number of hydrogen-bond donors (Lipinski definition) is 2. The van der Waals surface area contributed by atoms with Gasteiger partial charge in [-0.2, -0.15) is 0 Å². The average Bonchev–Trinajstić information content (AvgIpc) is 3.72. The number of pyridine rings is 1. The summed E-state index contributed by atoms with van der Waals surface area (Å²) in [6.07, 6.45) is 12.7. The summed E-state index contributed by atoms with van der Waals surface area (Å²) in [6.45, 7) is 26.5. The van der Waals surface area contributed by atoms with Gasteiger partial charge >= 0.3 is 0 Å². The summed E-state index contributed by atoms with van der Waals surface area (Å²) < 4.78 is 15.6. The zero-order valence-corrected chi connectivity index (χ0v) is 34.1. The maximum absolute atomic E-state index is 13.6. The van der Waals surface area contributed by atoms with Crippen molar-refractivity contribution in [3.05, 3.63) is 76.3 Å². The van der Waals surface area contributed by atoms with Gasteiger partial charge in [-0.1, -0.05) is 72.6 Å². The van der Waals surface area contributed by atoms with E-state index in [0.717, 1.165) is 63.6 Å². The van der Waals surface area contributed by atoms with E-state index in [1.165, 1.54) is 12.8 Å². The molecule has 2 amide bonds. The fraction of sp³-hybridized carbons (Fsp3) is 0.545. The van der Waals surface area contributed by atoms with Crippen molar-refractivity contribution in [3.63, 3.8) is 0 Å². The van der Waals surface area contributed by atoms with Gasteiger partial charge in [0.25, 0.3) is 5.91 Å². The minimum atomic E-state index is -0.725. The number of nitrogens with one attached hydrogen (secondary N) is 2. The zero-order valence-electron chi connectivity index (χ0n) is 34.1. The van der Waals surface area contributed by atoms with Crippen LogP contribution in [0.3, 0.4) is 0 Å². The highest BCUT2D eigenvalue weighted by atomic mass is 19.1. The lowest BCUT2D eigenvalue weighted by atomic mass is 9.77. The van der Waals surface area contributed by atoms with E-state index in [-0.39, 0.29) is 23.9 Å². The molecule has 0 bridgehead atoms. The summed E-state index contributed by atoms with van der Waals surface area (Å²) >= 11 is 0. The van der Waals surface area contributed by atoms with Gasteiger partial charge in [0.2, 0.25) is 5.91 Å². The highest BCUT2D eigenvalue weighted by Crippen LogP contribution is 2.48. The van der Waals surface area contributed by atoms with E-state index >= 15 is 0 Å². The molecule has 0 atom stereocenters. The van der Waals surface area contributed by atoms with Crippen LogP contribution in [0.1, 0.15) is 147 Å². The summed E-state index contributed by atoms with van der Waals surface area (Å²) in [5.41, 5.74) is 4.50. The molecule has 0 saturated heterocycles. The number of aromatic nitrogens is 3. The van der Waals surface area contributed by atoms with Crippen molar-refractivity contribution in [2.45, 2.75) is 144 Å². The fourth-order valence-electron chi connectivity index (χ4n) is 6.94. The number of unbranched alkanes of at least 4 members (excludes halogenated alkanes) is 1. The molecule has 1 aromatic carbocycles. The predicted octanol–water partition coefficient (Wildman–Crippen LogP) is 8.78. The van der Waals surface area contributed by atoms with Crippen molar-refractivity contribution in [1.82, 2.24) is 19.9 Å². The molecule has 288 valence electrons. The van der Waals surface area contributed by atoms with E-state index in [4.69, 9.17) is 4.98 Å². The molecule has 2 aliphatic carbocycles. The Morgan fingerprint density at radius 3 is 2.32 bits per heavy atom. The Kier molecular flexibility index (Phi) is 13.5. The number of amides is 2. The normalized spacial score (nSPS) is 20.0. The second-order valence-corrected chi connectivity index (χ2v) is 15.6. The van der Waals surface area contributed by atoms with Crippen LogP contribution in [0.5, 0.6) is 0 Å². The minimum Gasteiger partial charge on any atom is -0.344 e. The smallest absolute Gasteiger partial charge is 0.252 e. The molecule has 2 saturated carbocycles. The number of fused-ring (bicyclic) bond motifs is 1. The van der Waals surface area contributed by atoms with Gasteiger partial charge < -0.3 is 20.1 Å². The molecule has 6 rings (SSSR count). The molecule has 2 N–H and O–H groups in total. The molecular weight excluding hydrogens is 664 g/mol. The van der Waals surface area contributed by atoms with Gasteiger partial charge in [0.05, 0.1) is 28.0 Å². The summed E-state index contributed by atoms with van der Waals surface area (Å²) in [6, 6.07) is 8.34. The van der Waals surface area contributed by atoms with Gasteiger partial charge in [-0.15, -0.1) is 0 Å². The lowest BCUT2D eigenvalue weighted by Gasteiger charge is -2.41. The molecule has 2 fully saturated rings. The third-order valence-electron chi connectivity index (χ3n) is 10.9. The van der Waals surface area contributed by atoms with E-state index in [1.54, 1.807) is 12.3 Å². The zero-order chi connectivity index (χ0) is 39.2. The molecule has 1 aliphatic heterocycles. The topological polar surface area (TPSA) is 92.2 Å². The van der Waals surface area contributed by atoms with Gasteiger partial charge in [-0.3, -0.25) is 9.59 Å². The third kappa shape index (κ3) is 8.76. The maximum Gasteiger partial charge on any atom is 0.252 e. The summed E-state index contributed by atoms with van der Waals surface area (Å²) in [4.78, 5) is 38.0. The molecule has 9 heteroatoms. The van der Waals surface area contributed by atoms with E-state index < -0.39 is 17.6 Å². The number of alkyl halides is 1. The Morgan fingerprint density at radius 1 is 1.09 bits per heavy atom. The number of anilines is 2. The Morgan fingerprint density at radius 2 is 1.75 bits per heavy atom. The van der Waals surface area contributed by atoms with E-state index in [0.29, 0.717) is 30.1 Å². The molecule has 3 aliphatic rings. The predicted molar refractivity (Wildman–Crippen MR) is 218 cm³/mol. The van der Waals surface area contributed by atoms with Crippen LogP contribution in [0, 0.1) is 12.8 Å². The van der Waals surface area contributed by atoms with Crippen LogP contribution in [-0.4, -0.2) is 44.6 Å². The van der Waals surface area contributed by atoms with Gasteiger partial charge in [0.1, 0.15) is 12.5 Å². The van der Waals surface area contributed by atoms with E-state index in [2.05, 4.69) is 79.6 Å². The van der Waals surface area contributed by atoms with Crippen LogP contribution >= 0.6 is 0 Å². The second kappa shape index (κ2) is 17.3. The summed E-state index contributed by atoms with van der Waals surface area (Å²) in [5, 5.41) is 7.88. The number of imidazole rings is 1. The Hall–Kier alpha value is -4.27. The lowest BCUT2D eigenvalue weighted by molar-refractivity contribution is -0.123. The molecule has 3 heterocycles. The second-order valence-electron chi connectivity index (χ2n) is 15.6. The quantitative estimate of drug-likeness (QED) is 0.206. The Labute approximate surface area is 317 Å². The van der Waals surface area contributed by atoms with E-state index in [9.17, 15) is 14.0 Å². The highest BCUT2D eigenvalue weighted by Gasteiger charge is 2.49. The van der Waals surface area contributed by atoms with Crippen LogP contribution in [0.2, 0.25) is 0 Å². The van der Waals surface area contributed by atoms with Crippen LogP contribution in [0.15, 0.2) is 43.4 Å². The van der Waals surface area contributed by atoms with Crippen LogP contribution in [0.25, 0.3) is 17.3 Å². The van der Waals surface area contributed by atoms with Crippen LogP contribution in [0.4, 0.5) is 15.9 Å². The summed E-state index contributed by atoms with van der Waals surface area (Å²) in [7, 11) is 0. The summed E-state index contributed by atoms with van der Waals surface area (Å²) in [5.74, 6) is 1.08. The molecule has 2 aromatic heterocycles. The molecule has 53 heavy (non-hydrogen) atoms. The number of carbonyl (C=O) groups is 2. The fourth-order valence-corrected chi connectivity index (χ4v) is 6.94. The molecule has 0 radical (unpaired) electrons. The Balaban J connectivity index is 0.000000980. The first kappa shape index (κ1) is 41.5. The number of nitrogens with zero attached hydrogens (tertiary/aromatic N) is 4. The SMILES string of the molecule is C=C(/C=c1/ncn(C(C)C)/c1=C(/C)Nc1cc(C(=O)NC2(CF)CC2)c(C)cn1)c1ccc2c(c1)N(C1CC(CC)C1)C(=O)C2(C)C.CC.CCCC. The van der Waals surface area contributed by atoms with Crippen molar-refractivity contribution < 1.29 is 14.0 Å². The molecule has 0 spiro atoms. The largest absolute Gasteiger partial charge is 0.344 e. The number of hydrogen-bond acceptors (Lipinski definition) is 5. The molecule has 3 aromatic rings. The molecular formula is C44H63FN6O2. The number of aryl methyl sites for hydroxylation is 1. The standard InChI is InChI=1S/C38H47FN6O2.C4H10.C2H6/c1-9-26-15-28(16-26)45-32-17-27(10-11-30(32)37(7,8)36(45)47)23(4)14-31-34(44(21-41-31)22(2)3)25(6)42-33-18-29(24(5)19-40-33)35(46)43-38(20-39)12-13-38;1-3-4-2;1-2/h10-11,14,17-19,21-22,26,28H,4,9,12-13,15-16,20H2,1-3,5-8H3,(H,40,42)(H,43,46);3-4H2,1-2H3;1-2H3/b31-14+,34-25-;;.